The third-order valence-corrected chi connectivity index (χ3v) is 7.69. The zero-order chi connectivity index (χ0) is 26.1. The molecule has 0 unspecified atom stereocenters. The van der Waals surface area contributed by atoms with Crippen LogP contribution in [0.1, 0.15) is 76.2 Å². The van der Waals surface area contributed by atoms with Gasteiger partial charge in [0.15, 0.2) is 0 Å². The van der Waals surface area contributed by atoms with Crippen molar-refractivity contribution in [1.29, 1.82) is 0 Å². The van der Waals surface area contributed by atoms with E-state index in [4.69, 9.17) is 4.74 Å². The molecule has 0 aromatic heterocycles. The second-order valence-electron chi connectivity index (χ2n) is 11.3. The van der Waals surface area contributed by atoms with Crippen LogP contribution in [-0.2, 0) is 19.7 Å². The van der Waals surface area contributed by atoms with Crippen LogP contribution in [0.15, 0.2) is 18.2 Å². The number of hydrogen-bond acceptors (Lipinski definition) is 6. The number of aromatic hydroxyl groups is 1. The quantitative estimate of drug-likeness (QED) is 0.599. The molecule has 1 saturated carbocycles. The number of likely N-dealkylation sites (tertiary alicyclic amines) is 1. The summed E-state index contributed by atoms with van der Waals surface area (Å²) in [6.45, 7) is 10.7. The summed E-state index contributed by atoms with van der Waals surface area (Å²) in [5, 5.41) is 13.1. The number of phenolic OH excluding ortho intramolecular Hbond substituents is 1. The third-order valence-electron chi connectivity index (χ3n) is 7.69. The van der Waals surface area contributed by atoms with Gasteiger partial charge in [-0.15, -0.1) is 0 Å². The number of benzene rings is 1. The molecule has 0 spiro atoms. The predicted molar refractivity (Wildman–Crippen MR) is 134 cm³/mol. The summed E-state index contributed by atoms with van der Waals surface area (Å²) in [6.07, 6.45) is 2.77. The Morgan fingerprint density at radius 1 is 1.20 bits per heavy atom. The van der Waals surface area contributed by atoms with Crippen molar-refractivity contribution >= 4 is 17.8 Å². The number of ether oxygens (including phenoxy) is 1. The molecule has 0 bridgehead atoms. The minimum Gasteiger partial charge on any atom is -0.508 e. The van der Waals surface area contributed by atoms with Gasteiger partial charge >= 0.3 is 5.97 Å². The van der Waals surface area contributed by atoms with Crippen molar-refractivity contribution in [2.24, 2.45) is 5.92 Å². The van der Waals surface area contributed by atoms with Crippen LogP contribution in [0.3, 0.4) is 0 Å². The normalized spacial score (nSPS) is 25.3. The van der Waals surface area contributed by atoms with Gasteiger partial charge in [0.1, 0.15) is 11.8 Å². The van der Waals surface area contributed by atoms with E-state index in [2.05, 4.69) is 31.1 Å². The molecule has 2 aliphatic rings. The van der Waals surface area contributed by atoms with Gasteiger partial charge in [-0.05, 0) is 70.2 Å². The molecule has 8 heteroatoms. The van der Waals surface area contributed by atoms with Gasteiger partial charge in [-0.25, -0.2) is 0 Å². The molecular formula is C27H41N3O5. The summed E-state index contributed by atoms with van der Waals surface area (Å²) in [6, 6.07) is 4.53. The zero-order valence-corrected chi connectivity index (χ0v) is 22.1. The first kappa shape index (κ1) is 27.0. The van der Waals surface area contributed by atoms with Crippen LogP contribution in [0.2, 0.25) is 0 Å². The molecule has 1 aromatic carbocycles. The van der Waals surface area contributed by atoms with E-state index in [0.29, 0.717) is 36.6 Å². The van der Waals surface area contributed by atoms with E-state index < -0.39 is 6.04 Å². The Labute approximate surface area is 209 Å². The molecule has 1 aliphatic heterocycles. The SMILES string of the molecule is COC(=O)[C@@H]1C[C@H](N(C)C(C)C)CC[C@@H]1N1CC[C@H](NC(=O)c2ccc(O)c(C(C)(C)C)c2)C1=O. The van der Waals surface area contributed by atoms with Crippen LogP contribution in [0.5, 0.6) is 5.75 Å². The van der Waals surface area contributed by atoms with Gasteiger partial charge in [-0.3, -0.25) is 14.4 Å². The highest BCUT2D eigenvalue weighted by Crippen LogP contribution is 2.35. The molecule has 1 aromatic rings. The summed E-state index contributed by atoms with van der Waals surface area (Å²) < 4.78 is 5.12. The molecule has 2 N–H and O–H groups in total. The average Bonchev–Trinajstić information content (AvgIpc) is 3.16. The largest absolute Gasteiger partial charge is 0.508 e. The highest BCUT2D eigenvalue weighted by atomic mass is 16.5. The van der Waals surface area contributed by atoms with Gasteiger partial charge in [0.25, 0.3) is 5.91 Å². The highest BCUT2D eigenvalue weighted by molar-refractivity contribution is 5.98. The van der Waals surface area contributed by atoms with Crippen LogP contribution < -0.4 is 5.32 Å². The van der Waals surface area contributed by atoms with E-state index in [9.17, 15) is 19.5 Å². The lowest BCUT2D eigenvalue weighted by Gasteiger charge is -2.43. The van der Waals surface area contributed by atoms with Gasteiger partial charge < -0.3 is 25.0 Å². The summed E-state index contributed by atoms with van der Waals surface area (Å²) in [7, 11) is 3.47. The van der Waals surface area contributed by atoms with Crippen molar-refractivity contribution < 1.29 is 24.2 Å². The molecule has 3 rings (SSSR count). The predicted octanol–water partition coefficient (Wildman–Crippen LogP) is 3.07. The number of carbonyl (C=O) groups excluding carboxylic acids is 3. The Hall–Kier alpha value is -2.61. The number of phenols is 1. The highest BCUT2D eigenvalue weighted by Gasteiger charge is 2.45. The summed E-state index contributed by atoms with van der Waals surface area (Å²) >= 11 is 0. The summed E-state index contributed by atoms with van der Waals surface area (Å²) in [5.74, 6) is -1.02. The molecule has 1 saturated heterocycles. The van der Waals surface area contributed by atoms with Gasteiger partial charge in [-0.1, -0.05) is 20.8 Å². The van der Waals surface area contributed by atoms with E-state index in [1.807, 2.05) is 20.8 Å². The Morgan fingerprint density at radius 2 is 1.89 bits per heavy atom. The molecule has 2 fully saturated rings. The van der Waals surface area contributed by atoms with E-state index in [0.717, 1.165) is 12.8 Å². The number of nitrogens with one attached hydrogen (secondary N) is 1. The lowest BCUT2D eigenvalue weighted by molar-refractivity contribution is -0.152. The minimum absolute atomic E-state index is 0.143. The number of esters is 1. The molecule has 2 amide bonds. The summed E-state index contributed by atoms with van der Waals surface area (Å²) in [4.78, 5) is 43.1. The summed E-state index contributed by atoms with van der Waals surface area (Å²) in [5.41, 5.74) is 0.753. The third kappa shape index (κ3) is 5.80. The number of amides is 2. The first-order chi connectivity index (χ1) is 16.3. The van der Waals surface area contributed by atoms with Gasteiger partial charge in [0.05, 0.1) is 13.0 Å². The van der Waals surface area contributed by atoms with Crippen LogP contribution in [0, 0.1) is 5.92 Å². The smallest absolute Gasteiger partial charge is 0.310 e. The molecule has 1 aliphatic carbocycles. The number of methoxy groups -OCH3 is 1. The Kier molecular flexibility index (Phi) is 8.14. The van der Waals surface area contributed by atoms with Gasteiger partial charge in [0, 0.05) is 35.8 Å². The van der Waals surface area contributed by atoms with Gasteiger partial charge in [-0.2, -0.15) is 0 Å². The second-order valence-corrected chi connectivity index (χ2v) is 11.3. The van der Waals surface area contributed by atoms with E-state index in [1.54, 1.807) is 17.0 Å². The maximum atomic E-state index is 13.3. The van der Waals surface area contributed by atoms with Gasteiger partial charge in [0.2, 0.25) is 5.91 Å². The van der Waals surface area contributed by atoms with Crippen molar-refractivity contribution in [2.75, 3.05) is 20.7 Å². The fraction of sp³-hybridized carbons (Fsp3) is 0.667. The Bertz CT molecular complexity index is 955. The van der Waals surface area contributed by atoms with Crippen molar-refractivity contribution in [3.8, 4) is 5.75 Å². The van der Waals surface area contributed by atoms with Crippen LogP contribution in [0.25, 0.3) is 0 Å². The van der Waals surface area contributed by atoms with E-state index in [1.165, 1.54) is 13.2 Å². The molecule has 35 heavy (non-hydrogen) atoms. The molecule has 194 valence electrons. The molecular weight excluding hydrogens is 446 g/mol. The van der Waals surface area contributed by atoms with Crippen molar-refractivity contribution in [2.45, 2.75) is 89.9 Å². The zero-order valence-electron chi connectivity index (χ0n) is 22.1. The molecule has 8 nitrogen and oxygen atoms in total. The second kappa shape index (κ2) is 10.6. The Morgan fingerprint density at radius 3 is 2.49 bits per heavy atom. The minimum atomic E-state index is -0.635. The van der Waals surface area contributed by atoms with Crippen molar-refractivity contribution in [1.82, 2.24) is 15.1 Å². The number of hydrogen-bond donors (Lipinski definition) is 2. The van der Waals surface area contributed by atoms with Crippen molar-refractivity contribution in [3.63, 3.8) is 0 Å². The lowest BCUT2D eigenvalue weighted by Crippen LogP contribution is -2.53. The van der Waals surface area contributed by atoms with E-state index >= 15 is 0 Å². The topological polar surface area (TPSA) is 99.2 Å². The lowest BCUT2D eigenvalue weighted by atomic mass is 9.80. The van der Waals surface area contributed by atoms with Crippen molar-refractivity contribution in [3.05, 3.63) is 29.3 Å². The number of carbonyl (C=O) groups is 3. The first-order valence-electron chi connectivity index (χ1n) is 12.6. The fourth-order valence-electron chi connectivity index (χ4n) is 5.39. The monoisotopic (exact) mass is 487 g/mol. The first-order valence-corrected chi connectivity index (χ1v) is 12.6. The molecule has 1 heterocycles. The molecule has 4 atom stereocenters. The molecule has 0 radical (unpaired) electrons. The number of nitrogens with zero attached hydrogens (tertiary/aromatic N) is 2. The average molecular weight is 488 g/mol. The maximum absolute atomic E-state index is 13.3. The van der Waals surface area contributed by atoms with Crippen LogP contribution >= 0.6 is 0 Å². The fourth-order valence-corrected chi connectivity index (χ4v) is 5.39. The number of rotatable bonds is 6. The Balaban J connectivity index is 1.72. The van der Waals surface area contributed by atoms with E-state index in [-0.39, 0.29) is 46.9 Å². The van der Waals surface area contributed by atoms with Crippen LogP contribution in [-0.4, -0.2) is 77.6 Å². The standard InChI is InChI=1S/C27H41N3O5/c1-16(2)29(6)18-9-10-22(19(15-18)26(34)35-7)30-13-12-21(25(30)33)28-24(32)17-8-11-23(31)20(14-17)27(3,4)5/h8,11,14,16,18-19,21-22,31H,9-10,12-13,15H2,1-7H3,(H,28,32)/t18-,19-,21+,22+/m1/s1. The van der Waals surface area contributed by atoms with Crippen LogP contribution in [0.4, 0.5) is 0 Å². The maximum Gasteiger partial charge on any atom is 0.310 e.